The molecule has 0 aromatic rings. The van der Waals surface area contributed by atoms with Crippen LogP contribution in [-0.4, -0.2) is 61.7 Å². The van der Waals surface area contributed by atoms with E-state index in [0.717, 1.165) is 19.1 Å². The van der Waals surface area contributed by atoms with Crippen molar-refractivity contribution in [3.8, 4) is 0 Å². The number of nitrogens with one attached hydrogen (secondary N) is 1. The first-order chi connectivity index (χ1) is 7.81. The van der Waals surface area contributed by atoms with Gasteiger partial charge in [0.1, 0.15) is 0 Å². The van der Waals surface area contributed by atoms with Crippen molar-refractivity contribution in [2.75, 3.05) is 45.8 Å². The second-order valence-electron chi connectivity index (χ2n) is 4.72. The molecule has 3 heteroatoms. The van der Waals surface area contributed by atoms with E-state index in [1.165, 1.54) is 45.6 Å². The molecule has 0 amide bonds. The maximum absolute atomic E-state index is 3.50. The van der Waals surface area contributed by atoms with Crippen LogP contribution in [0.4, 0.5) is 0 Å². The molecule has 1 rings (SSSR count). The Morgan fingerprint density at radius 3 is 2.25 bits per heavy atom. The van der Waals surface area contributed by atoms with Crippen molar-refractivity contribution in [3.05, 3.63) is 0 Å². The molecule has 0 radical (unpaired) electrons. The summed E-state index contributed by atoms with van der Waals surface area (Å²) in [6.07, 6.45) is 2.63. The first-order valence-corrected chi connectivity index (χ1v) is 6.98. The van der Waals surface area contributed by atoms with Gasteiger partial charge in [-0.2, -0.15) is 0 Å². The zero-order valence-corrected chi connectivity index (χ0v) is 11.3. The minimum Gasteiger partial charge on any atom is -0.315 e. The molecule has 1 aliphatic heterocycles. The molecule has 0 aromatic carbocycles. The molecule has 1 saturated heterocycles. The van der Waals surface area contributed by atoms with E-state index in [1.54, 1.807) is 0 Å². The number of rotatable bonds is 7. The first-order valence-electron chi connectivity index (χ1n) is 6.98. The zero-order valence-electron chi connectivity index (χ0n) is 11.3. The highest BCUT2D eigenvalue weighted by Gasteiger charge is 2.21. The zero-order chi connectivity index (χ0) is 11.8. The second-order valence-corrected chi connectivity index (χ2v) is 4.72. The third-order valence-corrected chi connectivity index (χ3v) is 3.62. The molecule has 1 unspecified atom stereocenters. The average molecular weight is 227 g/mol. The molecule has 0 aliphatic carbocycles. The van der Waals surface area contributed by atoms with Gasteiger partial charge in [-0.25, -0.2) is 0 Å². The molecule has 0 aromatic heterocycles. The summed E-state index contributed by atoms with van der Waals surface area (Å²) in [7, 11) is 0. The standard InChI is InChI=1S/C13H29N3/c1-4-7-13(12-14-5-2)16-10-8-15(6-3)9-11-16/h13-14H,4-12H2,1-3H3. The third-order valence-electron chi connectivity index (χ3n) is 3.62. The van der Waals surface area contributed by atoms with Gasteiger partial charge < -0.3 is 10.2 Å². The molecule has 1 fully saturated rings. The SMILES string of the molecule is CCCC(CNCC)N1CCN(CC)CC1. The van der Waals surface area contributed by atoms with Gasteiger partial charge in [-0.3, -0.25) is 4.90 Å². The maximum Gasteiger partial charge on any atom is 0.0221 e. The molecule has 96 valence electrons. The Hall–Kier alpha value is -0.120. The fourth-order valence-electron chi connectivity index (χ4n) is 2.50. The summed E-state index contributed by atoms with van der Waals surface area (Å²) in [4.78, 5) is 5.23. The number of hydrogen-bond acceptors (Lipinski definition) is 3. The number of piperazine rings is 1. The molecule has 1 atom stereocenters. The lowest BCUT2D eigenvalue weighted by Crippen LogP contribution is -2.52. The summed E-state index contributed by atoms with van der Waals surface area (Å²) < 4.78 is 0. The highest BCUT2D eigenvalue weighted by atomic mass is 15.3. The van der Waals surface area contributed by atoms with Crippen molar-refractivity contribution in [1.82, 2.24) is 15.1 Å². The quantitative estimate of drug-likeness (QED) is 0.709. The Labute approximate surface area is 101 Å². The van der Waals surface area contributed by atoms with E-state index in [9.17, 15) is 0 Å². The van der Waals surface area contributed by atoms with Gasteiger partial charge in [0, 0.05) is 38.8 Å². The van der Waals surface area contributed by atoms with Gasteiger partial charge in [0.05, 0.1) is 0 Å². The van der Waals surface area contributed by atoms with Crippen LogP contribution in [0.15, 0.2) is 0 Å². The van der Waals surface area contributed by atoms with E-state index in [-0.39, 0.29) is 0 Å². The molecule has 1 N–H and O–H groups in total. The predicted molar refractivity (Wildman–Crippen MR) is 70.9 cm³/mol. The Bertz CT molecular complexity index is 165. The summed E-state index contributed by atoms with van der Waals surface area (Å²) in [6.45, 7) is 15.2. The topological polar surface area (TPSA) is 18.5 Å². The van der Waals surface area contributed by atoms with Crippen LogP contribution < -0.4 is 5.32 Å². The van der Waals surface area contributed by atoms with Crippen molar-refractivity contribution in [2.24, 2.45) is 0 Å². The van der Waals surface area contributed by atoms with Crippen molar-refractivity contribution < 1.29 is 0 Å². The Kier molecular flexibility index (Phi) is 7.01. The number of nitrogens with zero attached hydrogens (tertiary/aromatic N) is 2. The summed E-state index contributed by atoms with van der Waals surface area (Å²) in [5, 5.41) is 3.50. The number of hydrogen-bond donors (Lipinski definition) is 1. The van der Waals surface area contributed by atoms with E-state index in [2.05, 4.69) is 35.9 Å². The van der Waals surface area contributed by atoms with Crippen LogP contribution in [0.5, 0.6) is 0 Å². The van der Waals surface area contributed by atoms with Gasteiger partial charge in [0.15, 0.2) is 0 Å². The summed E-state index contributed by atoms with van der Waals surface area (Å²) >= 11 is 0. The number of likely N-dealkylation sites (N-methyl/N-ethyl adjacent to an activating group) is 2. The van der Waals surface area contributed by atoms with Crippen molar-refractivity contribution in [2.45, 2.75) is 39.7 Å². The van der Waals surface area contributed by atoms with Gasteiger partial charge in [0.25, 0.3) is 0 Å². The fourth-order valence-corrected chi connectivity index (χ4v) is 2.50. The van der Waals surface area contributed by atoms with Gasteiger partial charge in [0.2, 0.25) is 0 Å². The molecule has 3 nitrogen and oxygen atoms in total. The monoisotopic (exact) mass is 227 g/mol. The Morgan fingerprint density at radius 1 is 1.06 bits per heavy atom. The normalized spacial score (nSPS) is 21.2. The predicted octanol–water partition coefficient (Wildman–Crippen LogP) is 1.40. The molecule has 1 heterocycles. The maximum atomic E-state index is 3.50. The highest BCUT2D eigenvalue weighted by Crippen LogP contribution is 2.10. The van der Waals surface area contributed by atoms with E-state index in [0.29, 0.717) is 0 Å². The smallest absolute Gasteiger partial charge is 0.0221 e. The van der Waals surface area contributed by atoms with Crippen LogP contribution in [0, 0.1) is 0 Å². The molecular weight excluding hydrogens is 198 g/mol. The van der Waals surface area contributed by atoms with Gasteiger partial charge >= 0.3 is 0 Å². The minimum absolute atomic E-state index is 0.754. The molecule has 0 bridgehead atoms. The van der Waals surface area contributed by atoms with Crippen LogP contribution in [0.3, 0.4) is 0 Å². The molecule has 0 spiro atoms. The van der Waals surface area contributed by atoms with Gasteiger partial charge in [-0.1, -0.05) is 27.2 Å². The minimum atomic E-state index is 0.754. The van der Waals surface area contributed by atoms with Crippen LogP contribution in [0.2, 0.25) is 0 Å². The lowest BCUT2D eigenvalue weighted by molar-refractivity contribution is 0.0943. The van der Waals surface area contributed by atoms with E-state index < -0.39 is 0 Å². The average Bonchev–Trinajstić information content (AvgIpc) is 2.35. The second kappa shape index (κ2) is 8.04. The van der Waals surface area contributed by atoms with E-state index in [1.807, 2.05) is 0 Å². The van der Waals surface area contributed by atoms with Gasteiger partial charge in [-0.05, 0) is 19.5 Å². The summed E-state index contributed by atoms with van der Waals surface area (Å²) in [6, 6.07) is 0.754. The Balaban J connectivity index is 2.33. The van der Waals surface area contributed by atoms with Crippen molar-refractivity contribution in [1.29, 1.82) is 0 Å². The van der Waals surface area contributed by atoms with Crippen LogP contribution >= 0.6 is 0 Å². The third kappa shape index (κ3) is 4.40. The lowest BCUT2D eigenvalue weighted by Gasteiger charge is -2.39. The van der Waals surface area contributed by atoms with Crippen molar-refractivity contribution >= 4 is 0 Å². The summed E-state index contributed by atoms with van der Waals surface area (Å²) in [5.41, 5.74) is 0. The van der Waals surface area contributed by atoms with Crippen molar-refractivity contribution in [3.63, 3.8) is 0 Å². The van der Waals surface area contributed by atoms with Gasteiger partial charge in [-0.15, -0.1) is 0 Å². The van der Waals surface area contributed by atoms with Crippen LogP contribution in [0.1, 0.15) is 33.6 Å². The fraction of sp³-hybridized carbons (Fsp3) is 1.00. The summed E-state index contributed by atoms with van der Waals surface area (Å²) in [5.74, 6) is 0. The molecule has 16 heavy (non-hydrogen) atoms. The molecule has 0 saturated carbocycles. The lowest BCUT2D eigenvalue weighted by atomic mass is 10.1. The highest BCUT2D eigenvalue weighted by molar-refractivity contribution is 4.79. The molecular formula is C13H29N3. The van der Waals surface area contributed by atoms with Crippen LogP contribution in [0.25, 0.3) is 0 Å². The van der Waals surface area contributed by atoms with E-state index in [4.69, 9.17) is 0 Å². The first kappa shape index (κ1) is 13.9. The van der Waals surface area contributed by atoms with E-state index >= 15 is 0 Å². The molecule has 1 aliphatic rings. The Morgan fingerprint density at radius 2 is 1.75 bits per heavy atom. The largest absolute Gasteiger partial charge is 0.315 e. The van der Waals surface area contributed by atoms with Crippen LogP contribution in [-0.2, 0) is 0 Å².